The largest absolute Gasteiger partial charge is 0.493 e. The van der Waals surface area contributed by atoms with Crippen LogP contribution < -0.4 is 35.1 Å². The van der Waals surface area contributed by atoms with E-state index in [0.29, 0.717) is 40.7 Å². The Morgan fingerprint density at radius 3 is 2.26 bits per heavy atom. The Balaban J connectivity index is 2.18. The molecule has 0 fully saturated rings. The fourth-order valence-corrected chi connectivity index (χ4v) is 4.66. The van der Waals surface area contributed by atoms with E-state index in [2.05, 4.69) is 19.9 Å². The van der Waals surface area contributed by atoms with Crippen molar-refractivity contribution in [2.24, 2.45) is 5.73 Å². The average molecular weight is 484 g/mol. The second kappa shape index (κ2) is 11.2. The van der Waals surface area contributed by atoms with Gasteiger partial charge in [-0.2, -0.15) is 5.26 Å². The molecular weight excluding hydrogens is 448 g/mol. The molecule has 1 aliphatic rings. The lowest BCUT2D eigenvalue weighted by Gasteiger charge is -2.28. The van der Waals surface area contributed by atoms with E-state index >= 15 is 0 Å². The Labute approximate surface area is 206 Å². The third-order valence-corrected chi connectivity index (χ3v) is 6.62. The normalized spacial score (nSPS) is 14.9. The summed E-state index contributed by atoms with van der Waals surface area (Å²) in [5.41, 5.74) is 7.87. The minimum Gasteiger partial charge on any atom is -0.493 e. The number of quaternary nitrogens is 1. The van der Waals surface area contributed by atoms with E-state index in [1.807, 2.05) is 13.0 Å². The Hall–Kier alpha value is -3.64. The number of hydrogen-bond donors (Lipinski definition) is 2. The van der Waals surface area contributed by atoms with E-state index in [-0.39, 0.29) is 17.0 Å². The maximum Gasteiger partial charge on any atom is 0.258 e. The topological polar surface area (TPSA) is 113 Å². The van der Waals surface area contributed by atoms with Gasteiger partial charge in [0.25, 0.3) is 5.56 Å². The molecule has 0 bridgehead atoms. The number of nitrogens with one attached hydrogen (secondary N) is 1. The van der Waals surface area contributed by atoms with Gasteiger partial charge in [0.15, 0.2) is 11.5 Å². The molecule has 9 heteroatoms. The van der Waals surface area contributed by atoms with Crippen molar-refractivity contribution >= 4 is 0 Å². The van der Waals surface area contributed by atoms with Crippen LogP contribution in [-0.2, 0) is 6.54 Å². The Kier molecular flexibility index (Phi) is 8.30. The molecule has 0 saturated carbocycles. The van der Waals surface area contributed by atoms with E-state index in [4.69, 9.17) is 24.7 Å². The first-order valence-corrected chi connectivity index (χ1v) is 11.8. The van der Waals surface area contributed by atoms with Crippen LogP contribution in [0.2, 0.25) is 0 Å². The highest BCUT2D eigenvalue weighted by Gasteiger charge is 2.35. The summed E-state index contributed by atoms with van der Waals surface area (Å²) >= 11 is 0. The van der Waals surface area contributed by atoms with Crippen LogP contribution in [0.25, 0.3) is 0 Å². The lowest BCUT2D eigenvalue weighted by atomic mass is 9.83. The van der Waals surface area contributed by atoms with Gasteiger partial charge in [-0.3, -0.25) is 4.79 Å². The van der Waals surface area contributed by atoms with Gasteiger partial charge >= 0.3 is 0 Å². The van der Waals surface area contributed by atoms with Gasteiger partial charge in [-0.05, 0) is 38.5 Å². The quantitative estimate of drug-likeness (QED) is 0.529. The first kappa shape index (κ1) is 26.0. The van der Waals surface area contributed by atoms with Gasteiger partial charge in [0.2, 0.25) is 11.6 Å². The molecule has 3 rings (SSSR count). The molecule has 1 aromatic heterocycles. The Morgan fingerprint density at radius 2 is 1.74 bits per heavy atom. The summed E-state index contributed by atoms with van der Waals surface area (Å²) in [6, 6.07) is 7.43. The Morgan fingerprint density at radius 1 is 1.11 bits per heavy atom. The molecule has 0 aliphatic carbocycles. The predicted molar refractivity (Wildman–Crippen MR) is 132 cm³/mol. The second-order valence-electron chi connectivity index (χ2n) is 8.46. The van der Waals surface area contributed by atoms with Crippen molar-refractivity contribution in [3.8, 4) is 29.1 Å². The van der Waals surface area contributed by atoms with Crippen LogP contribution in [-0.4, -0.2) is 45.5 Å². The molecule has 2 aromatic rings. The molecule has 0 radical (unpaired) electrons. The fourth-order valence-electron chi connectivity index (χ4n) is 4.66. The van der Waals surface area contributed by atoms with Gasteiger partial charge in [-0.25, -0.2) is 0 Å². The van der Waals surface area contributed by atoms with Crippen LogP contribution in [0, 0.1) is 18.3 Å². The van der Waals surface area contributed by atoms with Crippen molar-refractivity contribution in [1.29, 1.82) is 5.26 Å². The van der Waals surface area contributed by atoms with Crippen molar-refractivity contribution in [2.75, 3.05) is 41.0 Å². The number of rotatable bonds is 10. The minimum absolute atomic E-state index is 0.0274. The van der Waals surface area contributed by atoms with Gasteiger partial charge in [-0.15, -0.1) is 0 Å². The van der Waals surface area contributed by atoms with Crippen molar-refractivity contribution < 1.29 is 23.8 Å². The van der Waals surface area contributed by atoms with Crippen molar-refractivity contribution in [2.45, 2.75) is 39.7 Å². The summed E-state index contributed by atoms with van der Waals surface area (Å²) < 4.78 is 24.0. The van der Waals surface area contributed by atoms with Gasteiger partial charge in [-0.1, -0.05) is 0 Å². The monoisotopic (exact) mass is 483 g/mol. The van der Waals surface area contributed by atoms with Crippen LogP contribution in [0.15, 0.2) is 34.4 Å². The van der Waals surface area contributed by atoms with Gasteiger partial charge in [0.05, 0.1) is 52.4 Å². The Bertz CT molecular complexity index is 1180. The summed E-state index contributed by atoms with van der Waals surface area (Å²) in [6.45, 7) is 9.83. The standard InChI is InChI=1S/C26H34N4O5/c1-7-29(8-2)10-9-11-30-16(3)12-19-23(26(30)31)22(18(15-27)25(28)35-19)17-13-20(32-4)24(34-6)21(14-17)33-5/h12-14,22H,7-11,28H2,1-6H3/p+1/t22-/m1/s1. The van der Waals surface area contributed by atoms with Crippen molar-refractivity contribution in [3.63, 3.8) is 0 Å². The number of aromatic nitrogens is 1. The maximum atomic E-state index is 13.8. The summed E-state index contributed by atoms with van der Waals surface area (Å²) in [4.78, 5) is 15.3. The van der Waals surface area contributed by atoms with E-state index in [1.165, 1.54) is 26.2 Å². The van der Waals surface area contributed by atoms with Crippen LogP contribution in [0.1, 0.15) is 43.0 Å². The number of methoxy groups -OCH3 is 3. The molecule has 0 saturated heterocycles. The number of allylic oxidation sites excluding steroid dienone is 1. The van der Waals surface area contributed by atoms with Gasteiger partial charge in [0, 0.05) is 24.7 Å². The number of pyridine rings is 1. The van der Waals surface area contributed by atoms with Gasteiger partial charge in [0.1, 0.15) is 17.4 Å². The molecule has 0 amide bonds. The van der Waals surface area contributed by atoms with E-state index in [9.17, 15) is 10.1 Å². The third-order valence-electron chi connectivity index (χ3n) is 6.62. The predicted octanol–water partition coefficient (Wildman–Crippen LogP) is 1.72. The molecule has 35 heavy (non-hydrogen) atoms. The summed E-state index contributed by atoms with van der Waals surface area (Å²) in [5, 5.41) is 9.98. The van der Waals surface area contributed by atoms with Crippen LogP contribution in [0.5, 0.6) is 23.0 Å². The zero-order chi connectivity index (χ0) is 25.7. The number of nitrogens with zero attached hydrogens (tertiary/aromatic N) is 2. The molecule has 1 atom stereocenters. The van der Waals surface area contributed by atoms with Crippen LogP contribution >= 0.6 is 0 Å². The highest BCUT2D eigenvalue weighted by Crippen LogP contribution is 2.46. The number of nitrogens with two attached hydrogens (primary N) is 1. The lowest BCUT2D eigenvalue weighted by Crippen LogP contribution is -3.11. The fraction of sp³-hybridized carbons (Fsp3) is 0.462. The highest BCUT2D eigenvalue weighted by molar-refractivity contribution is 5.61. The second-order valence-corrected chi connectivity index (χ2v) is 8.46. The van der Waals surface area contributed by atoms with Crippen molar-refractivity contribution in [1.82, 2.24) is 4.57 Å². The summed E-state index contributed by atoms with van der Waals surface area (Å²) in [5.74, 6) is 0.835. The number of nitriles is 1. The number of benzene rings is 1. The minimum atomic E-state index is -0.745. The van der Waals surface area contributed by atoms with Gasteiger partial charge < -0.3 is 34.1 Å². The first-order valence-electron chi connectivity index (χ1n) is 11.8. The van der Waals surface area contributed by atoms with Crippen LogP contribution in [0.4, 0.5) is 0 Å². The summed E-state index contributed by atoms with van der Waals surface area (Å²) in [6.07, 6.45) is 0.856. The lowest BCUT2D eigenvalue weighted by molar-refractivity contribution is -0.896. The highest BCUT2D eigenvalue weighted by atomic mass is 16.5. The first-order chi connectivity index (χ1) is 16.8. The number of aryl methyl sites for hydroxylation is 1. The molecule has 0 unspecified atom stereocenters. The molecule has 1 aliphatic heterocycles. The molecule has 188 valence electrons. The average Bonchev–Trinajstić information content (AvgIpc) is 2.86. The van der Waals surface area contributed by atoms with Crippen LogP contribution in [0.3, 0.4) is 0 Å². The molecule has 2 heterocycles. The molecule has 9 nitrogen and oxygen atoms in total. The smallest absolute Gasteiger partial charge is 0.258 e. The maximum absolute atomic E-state index is 13.8. The molecule has 1 aromatic carbocycles. The molecule has 0 spiro atoms. The van der Waals surface area contributed by atoms with E-state index < -0.39 is 5.92 Å². The number of fused-ring (bicyclic) bond motifs is 1. The molecular formula is C26H35N4O5+. The van der Waals surface area contributed by atoms with E-state index in [0.717, 1.165) is 31.7 Å². The third kappa shape index (κ3) is 4.93. The summed E-state index contributed by atoms with van der Waals surface area (Å²) in [7, 11) is 4.55. The number of hydrogen-bond acceptors (Lipinski definition) is 7. The SMILES string of the molecule is CC[NH+](CC)CCCn1c(C)cc2c(c1=O)[C@H](c1cc(OC)c(OC)c(OC)c1)C(C#N)=C(N)O2. The zero-order valence-electron chi connectivity index (χ0n) is 21.4. The van der Waals surface area contributed by atoms with Crippen molar-refractivity contribution in [3.05, 3.63) is 56.8 Å². The molecule has 3 N–H and O–H groups in total. The zero-order valence-corrected chi connectivity index (χ0v) is 21.4. The number of ether oxygens (including phenoxy) is 4. The van der Waals surface area contributed by atoms with E-state index in [1.54, 1.807) is 16.7 Å².